The quantitative estimate of drug-likeness (QED) is 0.454. The molecule has 0 radical (unpaired) electrons. The summed E-state index contributed by atoms with van der Waals surface area (Å²) < 4.78 is 9.99. The van der Waals surface area contributed by atoms with Crippen molar-refractivity contribution in [2.75, 3.05) is 7.11 Å². The molecule has 0 atom stereocenters. The van der Waals surface area contributed by atoms with Gasteiger partial charge in [-0.15, -0.1) is 0 Å². The summed E-state index contributed by atoms with van der Waals surface area (Å²) in [7, 11) is 1.20. The van der Waals surface area contributed by atoms with Crippen molar-refractivity contribution in [3.05, 3.63) is 67.7 Å². The van der Waals surface area contributed by atoms with E-state index >= 15 is 0 Å². The Hall–Kier alpha value is -2.31. The molecule has 120 valence electrons. The molecule has 0 aliphatic rings. The second-order valence-corrected chi connectivity index (χ2v) is 5.28. The number of ether oxygens (including phenoxy) is 2. The minimum absolute atomic E-state index is 0.0359. The Bertz CT molecular complexity index is 764. The summed E-state index contributed by atoms with van der Waals surface area (Å²) in [6.45, 7) is 0.0648. The van der Waals surface area contributed by atoms with Crippen molar-refractivity contribution in [2.45, 2.75) is 6.61 Å². The highest BCUT2D eigenvalue weighted by Gasteiger charge is 2.19. The normalized spacial score (nSPS) is 10.2. The molecule has 2 rings (SSSR count). The second-order valence-electron chi connectivity index (χ2n) is 4.47. The summed E-state index contributed by atoms with van der Waals surface area (Å²) in [5.41, 5.74) is 0.444. The molecule has 0 aromatic heterocycles. The predicted octanol–water partition coefficient (Wildman–Crippen LogP) is 4.27. The first-order chi connectivity index (χ1) is 10.9. The fraction of sp³-hybridized carbons (Fsp3) is 0.133. The van der Waals surface area contributed by atoms with Gasteiger partial charge in [0.25, 0.3) is 0 Å². The number of rotatable bonds is 5. The molecular formula is C15H11Cl2NO5. The van der Waals surface area contributed by atoms with Crippen LogP contribution in [0, 0.1) is 10.1 Å². The maximum Gasteiger partial charge on any atom is 0.338 e. The van der Waals surface area contributed by atoms with E-state index in [0.717, 1.165) is 6.07 Å². The van der Waals surface area contributed by atoms with Crippen LogP contribution in [0.3, 0.4) is 0 Å². The lowest BCUT2D eigenvalue weighted by atomic mass is 10.2. The highest BCUT2D eigenvalue weighted by molar-refractivity contribution is 6.42. The largest absolute Gasteiger partial charge is 0.482 e. The summed E-state index contributed by atoms with van der Waals surface area (Å²) in [6.07, 6.45) is 0. The molecular weight excluding hydrogens is 345 g/mol. The van der Waals surface area contributed by atoms with Gasteiger partial charge in [-0.3, -0.25) is 10.1 Å². The number of methoxy groups -OCH3 is 1. The molecule has 23 heavy (non-hydrogen) atoms. The van der Waals surface area contributed by atoms with E-state index in [1.165, 1.54) is 19.2 Å². The van der Waals surface area contributed by atoms with E-state index in [4.69, 9.17) is 27.9 Å². The van der Waals surface area contributed by atoms with E-state index in [-0.39, 0.29) is 23.6 Å². The molecule has 0 N–H and O–H groups in total. The van der Waals surface area contributed by atoms with Gasteiger partial charge in [-0.2, -0.15) is 0 Å². The molecule has 0 fully saturated rings. The maximum absolute atomic E-state index is 11.4. The molecule has 2 aromatic carbocycles. The SMILES string of the molecule is COC(=O)c1ccc(OCc2ccc(Cl)c(Cl)c2)c([N+](=O)[O-])c1. The molecule has 0 heterocycles. The molecule has 0 spiro atoms. The van der Waals surface area contributed by atoms with Crippen LogP contribution in [-0.4, -0.2) is 18.0 Å². The van der Waals surface area contributed by atoms with Gasteiger partial charge >= 0.3 is 11.7 Å². The van der Waals surface area contributed by atoms with E-state index in [1.54, 1.807) is 18.2 Å². The number of halogens is 2. The van der Waals surface area contributed by atoms with Gasteiger partial charge in [0, 0.05) is 6.07 Å². The van der Waals surface area contributed by atoms with E-state index in [2.05, 4.69) is 4.74 Å². The monoisotopic (exact) mass is 355 g/mol. The first kappa shape index (κ1) is 17.1. The van der Waals surface area contributed by atoms with Gasteiger partial charge in [0.05, 0.1) is 27.6 Å². The Balaban J connectivity index is 2.23. The maximum atomic E-state index is 11.4. The summed E-state index contributed by atoms with van der Waals surface area (Å²) >= 11 is 11.7. The Morgan fingerprint density at radius 2 is 1.91 bits per heavy atom. The second kappa shape index (κ2) is 7.30. The number of nitrogens with zero attached hydrogens (tertiary/aromatic N) is 1. The number of carbonyl (C=O) groups is 1. The molecule has 0 bridgehead atoms. The zero-order valence-electron chi connectivity index (χ0n) is 11.9. The van der Waals surface area contributed by atoms with Gasteiger partial charge in [0.1, 0.15) is 6.61 Å². The minimum Gasteiger partial charge on any atom is -0.482 e. The first-order valence-corrected chi connectivity index (χ1v) is 7.11. The van der Waals surface area contributed by atoms with Gasteiger partial charge in [-0.25, -0.2) is 4.79 Å². The van der Waals surface area contributed by atoms with E-state index in [0.29, 0.717) is 15.6 Å². The summed E-state index contributed by atoms with van der Waals surface area (Å²) in [5.74, 6) is -0.627. The molecule has 0 unspecified atom stereocenters. The number of benzene rings is 2. The smallest absolute Gasteiger partial charge is 0.338 e. The zero-order chi connectivity index (χ0) is 17.0. The lowest BCUT2D eigenvalue weighted by Gasteiger charge is -2.08. The standard InChI is InChI=1S/C15H11Cl2NO5/c1-22-15(19)10-3-5-14(13(7-10)18(20)21)23-8-9-2-4-11(16)12(17)6-9/h2-7H,8H2,1H3. The van der Waals surface area contributed by atoms with Gasteiger partial charge in [-0.05, 0) is 29.8 Å². The average Bonchev–Trinajstić information content (AvgIpc) is 2.55. The molecule has 0 saturated carbocycles. The van der Waals surface area contributed by atoms with Crippen LogP contribution in [0.1, 0.15) is 15.9 Å². The third-order valence-corrected chi connectivity index (χ3v) is 3.69. The summed E-state index contributed by atoms with van der Waals surface area (Å²) in [4.78, 5) is 21.9. The molecule has 6 nitrogen and oxygen atoms in total. The van der Waals surface area contributed by atoms with E-state index in [9.17, 15) is 14.9 Å². The van der Waals surface area contributed by atoms with Crippen molar-refractivity contribution in [1.29, 1.82) is 0 Å². The fourth-order valence-electron chi connectivity index (χ4n) is 1.82. The van der Waals surface area contributed by atoms with Crippen molar-refractivity contribution < 1.29 is 19.2 Å². The Morgan fingerprint density at radius 1 is 1.17 bits per heavy atom. The van der Waals surface area contributed by atoms with Crippen molar-refractivity contribution in [2.24, 2.45) is 0 Å². The zero-order valence-corrected chi connectivity index (χ0v) is 13.4. The average molecular weight is 356 g/mol. The lowest BCUT2D eigenvalue weighted by Crippen LogP contribution is -2.04. The highest BCUT2D eigenvalue weighted by Crippen LogP contribution is 2.30. The van der Waals surface area contributed by atoms with Crippen molar-refractivity contribution >= 4 is 34.9 Å². The Kier molecular flexibility index (Phi) is 5.41. The van der Waals surface area contributed by atoms with Crippen molar-refractivity contribution in [1.82, 2.24) is 0 Å². The third-order valence-electron chi connectivity index (χ3n) is 2.96. The Labute approximate surface area is 141 Å². The van der Waals surface area contributed by atoms with Crippen LogP contribution in [0.5, 0.6) is 5.75 Å². The number of hydrogen-bond donors (Lipinski definition) is 0. The number of hydrogen-bond acceptors (Lipinski definition) is 5. The van der Waals surface area contributed by atoms with Gasteiger partial charge in [-0.1, -0.05) is 29.3 Å². The highest BCUT2D eigenvalue weighted by atomic mass is 35.5. The van der Waals surface area contributed by atoms with Gasteiger partial charge < -0.3 is 9.47 Å². The van der Waals surface area contributed by atoms with Crippen LogP contribution >= 0.6 is 23.2 Å². The first-order valence-electron chi connectivity index (χ1n) is 6.36. The van der Waals surface area contributed by atoms with Gasteiger partial charge in [0.15, 0.2) is 5.75 Å². The number of esters is 1. The number of nitro benzene ring substituents is 1. The third kappa shape index (κ3) is 4.12. The van der Waals surface area contributed by atoms with Crippen LogP contribution in [-0.2, 0) is 11.3 Å². The number of nitro groups is 1. The van der Waals surface area contributed by atoms with Crippen LogP contribution in [0.15, 0.2) is 36.4 Å². The van der Waals surface area contributed by atoms with Gasteiger partial charge in [0.2, 0.25) is 0 Å². The molecule has 0 saturated heterocycles. The topological polar surface area (TPSA) is 78.7 Å². The molecule has 8 heteroatoms. The Morgan fingerprint density at radius 3 is 2.52 bits per heavy atom. The number of carbonyl (C=O) groups excluding carboxylic acids is 1. The fourth-order valence-corrected chi connectivity index (χ4v) is 2.14. The molecule has 2 aromatic rings. The lowest BCUT2D eigenvalue weighted by molar-refractivity contribution is -0.386. The van der Waals surface area contributed by atoms with Crippen LogP contribution in [0.25, 0.3) is 0 Å². The van der Waals surface area contributed by atoms with Crippen molar-refractivity contribution in [3.8, 4) is 5.75 Å². The van der Waals surface area contributed by atoms with Crippen LogP contribution in [0.4, 0.5) is 5.69 Å². The predicted molar refractivity (Wildman–Crippen MR) is 85.2 cm³/mol. The summed E-state index contributed by atoms with van der Waals surface area (Å²) in [6, 6.07) is 8.76. The van der Waals surface area contributed by atoms with Crippen LogP contribution < -0.4 is 4.74 Å². The van der Waals surface area contributed by atoms with E-state index in [1.807, 2.05) is 0 Å². The van der Waals surface area contributed by atoms with Crippen molar-refractivity contribution in [3.63, 3.8) is 0 Å². The summed E-state index contributed by atoms with van der Waals surface area (Å²) in [5, 5.41) is 11.9. The molecule has 0 amide bonds. The van der Waals surface area contributed by atoms with Crippen LogP contribution in [0.2, 0.25) is 10.0 Å². The van der Waals surface area contributed by atoms with E-state index < -0.39 is 10.9 Å². The minimum atomic E-state index is -0.663. The molecule has 0 aliphatic carbocycles. The molecule has 0 aliphatic heterocycles.